The average Bonchev–Trinajstić information content (AvgIpc) is 2.55. The lowest BCUT2D eigenvalue weighted by Gasteiger charge is -2.32. The zero-order chi connectivity index (χ0) is 9.97. The lowest BCUT2D eigenvalue weighted by atomic mass is 9.98. The summed E-state index contributed by atoms with van der Waals surface area (Å²) in [6, 6.07) is 3.18. The van der Waals surface area contributed by atoms with E-state index in [1.54, 1.807) is 0 Å². The first-order chi connectivity index (χ1) is 6.81. The van der Waals surface area contributed by atoms with Gasteiger partial charge in [0, 0.05) is 24.2 Å². The second-order valence-electron chi connectivity index (χ2n) is 4.99. The quantitative estimate of drug-likeness (QED) is 0.719. The molecule has 2 aliphatic heterocycles. The van der Waals surface area contributed by atoms with Crippen LogP contribution in [0.4, 0.5) is 0 Å². The molecule has 0 aliphatic carbocycles. The van der Waals surface area contributed by atoms with Crippen LogP contribution in [0.25, 0.3) is 0 Å². The van der Waals surface area contributed by atoms with Crippen molar-refractivity contribution in [1.29, 1.82) is 0 Å². The highest BCUT2D eigenvalue weighted by Crippen LogP contribution is 2.27. The van der Waals surface area contributed by atoms with Crippen molar-refractivity contribution >= 4 is 0 Å². The summed E-state index contributed by atoms with van der Waals surface area (Å²) in [5, 5.41) is 7.51. The van der Waals surface area contributed by atoms with Crippen LogP contribution in [0.5, 0.6) is 0 Å². The summed E-state index contributed by atoms with van der Waals surface area (Å²) < 4.78 is 0. The van der Waals surface area contributed by atoms with Gasteiger partial charge in [-0.25, -0.2) is 0 Å². The molecule has 14 heavy (non-hydrogen) atoms. The molecule has 0 saturated carbocycles. The Bertz CT molecular complexity index is 165. The summed E-state index contributed by atoms with van der Waals surface area (Å²) in [7, 11) is 0. The predicted octanol–water partition coefficient (Wildman–Crippen LogP) is 2.05. The molecule has 0 aromatic carbocycles. The second kappa shape index (κ2) is 4.63. The van der Waals surface area contributed by atoms with Gasteiger partial charge < -0.3 is 10.6 Å². The molecule has 2 saturated heterocycles. The van der Waals surface area contributed by atoms with Gasteiger partial charge in [0.25, 0.3) is 0 Å². The molecule has 2 rings (SSSR count). The Kier molecular flexibility index (Phi) is 3.45. The molecule has 0 aromatic rings. The Hall–Kier alpha value is -0.0800. The molecule has 2 unspecified atom stereocenters. The lowest BCUT2D eigenvalue weighted by Crippen LogP contribution is -2.49. The molecular weight excluding hydrogens is 172 g/mol. The molecule has 0 aromatic heterocycles. The zero-order valence-corrected chi connectivity index (χ0v) is 9.55. The third-order valence-corrected chi connectivity index (χ3v) is 3.93. The van der Waals surface area contributed by atoms with E-state index >= 15 is 0 Å². The molecule has 2 fully saturated rings. The molecule has 0 spiro atoms. The maximum absolute atomic E-state index is 3.82. The number of hydrogen-bond acceptors (Lipinski definition) is 2. The molecule has 2 aliphatic rings. The lowest BCUT2D eigenvalue weighted by molar-refractivity contribution is 0.288. The van der Waals surface area contributed by atoms with Gasteiger partial charge in [0.2, 0.25) is 0 Å². The van der Waals surface area contributed by atoms with Crippen molar-refractivity contribution in [2.75, 3.05) is 0 Å². The van der Waals surface area contributed by atoms with Gasteiger partial charge in [-0.1, -0.05) is 13.8 Å². The fourth-order valence-corrected chi connectivity index (χ4v) is 3.05. The Balaban J connectivity index is 1.81. The standard InChI is InChI=1S/C12H24N2/c1-3-9(4-2)13-12-7-10-5-6-11(8-12)14-10/h9-14H,3-8H2,1-2H3. The Morgan fingerprint density at radius 3 is 2.21 bits per heavy atom. The van der Waals surface area contributed by atoms with Crippen LogP contribution >= 0.6 is 0 Å². The molecule has 2 atom stereocenters. The van der Waals surface area contributed by atoms with Gasteiger partial charge >= 0.3 is 0 Å². The third kappa shape index (κ3) is 2.29. The molecule has 2 heteroatoms. The van der Waals surface area contributed by atoms with E-state index < -0.39 is 0 Å². The summed E-state index contributed by atoms with van der Waals surface area (Å²) in [4.78, 5) is 0. The van der Waals surface area contributed by atoms with Crippen LogP contribution in [0.15, 0.2) is 0 Å². The topological polar surface area (TPSA) is 24.1 Å². The molecular formula is C12H24N2. The van der Waals surface area contributed by atoms with Gasteiger partial charge in [0.1, 0.15) is 0 Å². The van der Waals surface area contributed by atoms with Crippen molar-refractivity contribution in [1.82, 2.24) is 10.6 Å². The van der Waals surface area contributed by atoms with Gasteiger partial charge in [0.05, 0.1) is 0 Å². The van der Waals surface area contributed by atoms with Crippen LogP contribution in [-0.2, 0) is 0 Å². The number of nitrogens with one attached hydrogen (secondary N) is 2. The van der Waals surface area contributed by atoms with E-state index in [2.05, 4.69) is 24.5 Å². The number of rotatable bonds is 4. The first kappa shape index (κ1) is 10.4. The molecule has 2 heterocycles. The van der Waals surface area contributed by atoms with Gasteiger partial charge in [-0.05, 0) is 38.5 Å². The summed E-state index contributed by atoms with van der Waals surface area (Å²) in [5.41, 5.74) is 0. The van der Waals surface area contributed by atoms with Gasteiger partial charge in [0.15, 0.2) is 0 Å². The van der Waals surface area contributed by atoms with E-state index in [4.69, 9.17) is 0 Å². The minimum Gasteiger partial charge on any atom is -0.311 e. The van der Waals surface area contributed by atoms with Crippen molar-refractivity contribution in [2.45, 2.75) is 76.5 Å². The number of hydrogen-bond donors (Lipinski definition) is 2. The molecule has 0 radical (unpaired) electrons. The van der Waals surface area contributed by atoms with Crippen LogP contribution in [0, 0.1) is 0 Å². The minimum atomic E-state index is 0.748. The van der Waals surface area contributed by atoms with Crippen molar-refractivity contribution < 1.29 is 0 Å². The van der Waals surface area contributed by atoms with Crippen LogP contribution in [0.3, 0.4) is 0 Å². The molecule has 2 N–H and O–H groups in total. The molecule has 2 bridgehead atoms. The number of piperidine rings is 1. The van der Waals surface area contributed by atoms with Crippen LogP contribution in [-0.4, -0.2) is 24.2 Å². The summed E-state index contributed by atoms with van der Waals surface area (Å²) in [5.74, 6) is 0. The molecule has 0 amide bonds. The predicted molar refractivity (Wildman–Crippen MR) is 60.5 cm³/mol. The first-order valence-electron chi connectivity index (χ1n) is 6.33. The maximum Gasteiger partial charge on any atom is 0.00992 e. The van der Waals surface area contributed by atoms with E-state index in [0.717, 1.165) is 24.2 Å². The van der Waals surface area contributed by atoms with Crippen LogP contribution in [0.1, 0.15) is 52.4 Å². The van der Waals surface area contributed by atoms with Crippen molar-refractivity contribution in [3.05, 3.63) is 0 Å². The average molecular weight is 196 g/mol. The van der Waals surface area contributed by atoms with Crippen LogP contribution in [0.2, 0.25) is 0 Å². The highest BCUT2D eigenvalue weighted by atomic mass is 15.1. The van der Waals surface area contributed by atoms with E-state index in [9.17, 15) is 0 Å². The first-order valence-corrected chi connectivity index (χ1v) is 6.33. The Labute approximate surface area is 87.8 Å². The van der Waals surface area contributed by atoms with Crippen LogP contribution < -0.4 is 10.6 Å². The Morgan fingerprint density at radius 2 is 1.71 bits per heavy atom. The second-order valence-corrected chi connectivity index (χ2v) is 4.99. The number of fused-ring (bicyclic) bond motifs is 2. The third-order valence-electron chi connectivity index (χ3n) is 3.93. The van der Waals surface area contributed by atoms with Gasteiger partial charge in [-0.2, -0.15) is 0 Å². The van der Waals surface area contributed by atoms with Gasteiger partial charge in [-0.3, -0.25) is 0 Å². The monoisotopic (exact) mass is 196 g/mol. The van der Waals surface area contributed by atoms with Crippen molar-refractivity contribution in [3.63, 3.8) is 0 Å². The fourth-order valence-electron chi connectivity index (χ4n) is 3.05. The summed E-state index contributed by atoms with van der Waals surface area (Å²) in [6.07, 6.45) is 8.07. The van der Waals surface area contributed by atoms with E-state index in [1.807, 2.05) is 0 Å². The highest BCUT2D eigenvalue weighted by Gasteiger charge is 2.33. The molecule has 82 valence electrons. The molecule has 2 nitrogen and oxygen atoms in total. The van der Waals surface area contributed by atoms with Crippen molar-refractivity contribution in [3.8, 4) is 0 Å². The fraction of sp³-hybridized carbons (Fsp3) is 1.00. The summed E-state index contributed by atoms with van der Waals surface area (Å²) in [6.45, 7) is 4.58. The van der Waals surface area contributed by atoms with E-state index in [-0.39, 0.29) is 0 Å². The highest BCUT2D eigenvalue weighted by molar-refractivity contribution is 4.95. The van der Waals surface area contributed by atoms with Gasteiger partial charge in [-0.15, -0.1) is 0 Å². The SMILES string of the molecule is CCC(CC)NC1CC2CCC(C1)N2. The smallest absolute Gasteiger partial charge is 0.00992 e. The maximum atomic E-state index is 3.82. The van der Waals surface area contributed by atoms with Crippen molar-refractivity contribution in [2.24, 2.45) is 0 Å². The minimum absolute atomic E-state index is 0.748. The Morgan fingerprint density at radius 1 is 1.14 bits per heavy atom. The van der Waals surface area contributed by atoms with E-state index in [1.165, 1.54) is 38.5 Å². The van der Waals surface area contributed by atoms with E-state index in [0.29, 0.717) is 0 Å². The zero-order valence-electron chi connectivity index (χ0n) is 9.55. The summed E-state index contributed by atoms with van der Waals surface area (Å²) >= 11 is 0. The normalized spacial score (nSPS) is 36.6. The largest absolute Gasteiger partial charge is 0.311 e.